The highest BCUT2D eigenvalue weighted by Gasteiger charge is 2.26. The second-order valence-corrected chi connectivity index (χ2v) is 10.5. The fraction of sp³-hybridized carbons (Fsp3) is 0.400. The van der Waals surface area contributed by atoms with Gasteiger partial charge in [0.2, 0.25) is 5.91 Å². The van der Waals surface area contributed by atoms with E-state index >= 15 is 0 Å². The highest BCUT2D eigenvalue weighted by molar-refractivity contribution is 6.02. The van der Waals surface area contributed by atoms with Crippen LogP contribution >= 0.6 is 0 Å². The van der Waals surface area contributed by atoms with Crippen molar-refractivity contribution in [1.82, 2.24) is 24.4 Å². The summed E-state index contributed by atoms with van der Waals surface area (Å²) in [4.78, 5) is 39.9. The van der Waals surface area contributed by atoms with Crippen LogP contribution in [0.25, 0.3) is 33.1 Å². The summed E-state index contributed by atoms with van der Waals surface area (Å²) in [5.74, 6) is 1.25. The molecule has 1 N–H and O–H groups in total. The second kappa shape index (κ2) is 10.1. The molecule has 3 aromatic heterocycles. The third-order valence-corrected chi connectivity index (χ3v) is 7.93. The van der Waals surface area contributed by atoms with Crippen molar-refractivity contribution >= 4 is 39.0 Å². The quantitative estimate of drug-likeness (QED) is 0.276. The molecule has 6 rings (SSSR count). The number of hydrogen-bond acceptors (Lipinski definition) is 5. The average Bonchev–Trinajstić information content (AvgIpc) is 3.48. The number of carbonyl (C=O) groups excluding carboxylic acids is 1. The minimum absolute atomic E-state index is 0.0654. The Balaban J connectivity index is 1.01. The number of H-pyrrole nitrogens is 1. The number of benzene rings is 2. The van der Waals surface area contributed by atoms with Crippen molar-refractivity contribution in [3.63, 3.8) is 0 Å². The van der Waals surface area contributed by atoms with Crippen LogP contribution in [0.15, 0.2) is 57.7 Å². The minimum Gasteiger partial charge on any atom is -0.452 e. The second-order valence-electron chi connectivity index (χ2n) is 10.5. The van der Waals surface area contributed by atoms with Crippen LogP contribution in [0.5, 0.6) is 0 Å². The molecule has 5 aromatic rings. The number of nitrogens with one attached hydrogen (secondary N) is 1. The zero-order chi connectivity index (χ0) is 26.2. The van der Waals surface area contributed by atoms with E-state index in [0.29, 0.717) is 19.5 Å². The lowest BCUT2D eigenvalue weighted by Crippen LogP contribution is -2.40. The molecule has 8 nitrogen and oxygen atoms in total. The molecule has 8 heteroatoms. The van der Waals surface area contributed by atoms with Crippen molar-refractivity contribution in [2.75, 3.05) is 13.1 Å². The molecule has 0 saturated carbocycles. The van der Waals surface area contributed by atoms with E-state index in [-0.39, 0.29) is 23.6 Å². The third-order valence-electron chi connectivity index (χ3n) is 7.93. The zero-order valence-electron chi connectivity index (χ0n) is 21.9. The molecule has 0 bridgehead atoms. The number of aromatic amines is 1. The maximum absolute atomic E-state index is 12.9. The fourth-order valence-corrected chi connectivity index (χ4v) is 5.79. The largest absolute Gasteiger partial charge is 0.452 e. The number of aromatic nitrogens is 4. The van der Waals surface area contributed by atoms with Gasteiger partial charge < -0.3 is 14.3 Å². The summed E-state index contributed by atoms with van der Waals surface area (Å²) in [6.45, 7) is 5.51. The van der Waals surface area contributed by atoms with Crippen molar-refractivity contribution in [2.24, 2.45) is 0 Å². The summed E-state index contributed by atoms with van der Waals surface area (Å²) in [6.07, 6.45) is 4.87. The molecule has 0 radical (unpaired) electrons. The molecule has 1 atom stereocenters. The van der Waals surface area contributed by atoms with Gasteiger partial charge in [0.05, 0.1) is 16.7 Å². The van der Waals surface area contributed by atoms with Crippen LogP contribution in [0.1, 0.15) is 68.9 Å². The molecule has 0 aliphatic carbocycles. The van der Waals surface area contributed by atoms with Crippen LogP contribution in [0.2, 0.25) is 0 Å². The van der Waals surface area contributed by atoms with Crippen LogP contribution in [0.3, 0.4) is 0 Å². The summed E-state index contributed by atoms with van der Waals surface area (Å²) in [5.41, 5.74) is 5.07. The van der Waals surface area contributed by atoms with E-state index in [1.807, 2.05) is 64.9 Å². The van der Waals surface area contributed by atoms with E-state index in [9.17, 15) is 9.59 Å². The number of amides is 1. The molecule has 2 aromatic carbocycles. The molecular formula is C30H33N5O3. The van der Waals surface area contributed by atoms with Crippen LogP contribution in [-0.2, 0) is 4.79 Å². The molecule has 1 amide bonds. The topological polar surface area (TPSA) is 97.0 Å². The number of imidazole rings is 1. The summed E-state index contributed by atoms with van der Waals surface area (Å²) in [5, 5.41) is 1.02. The first-order valence-corrected chi connectivity index (χ1v) is 13.6. The van der Waals surface area contributed by atoms with Gasteiger partial charge in [0.1, 0.15) is 16.9 Å². The number of rotatable bonds is 7. The van der Waals surface area contributed by atoms with Gasteiger partial charge in [0, 0.05) is 36.9 Å². The van der Waals surface area contributed by atoms with E-state index in [2.05, 4.69) is 11.9 Å². The Bertz CT molecular complexity index is 1670. The van der Waals surface area contributed by atoms with Crippen molar-refractivity contribution < 1.29 is 9.21 Å². The summed E-state index contributed by atoms with van der Waals surface area (Å²) in [6, 6.07) is 15.9. The Morgan fingerprint density at radius 1 is 1.08 bits per heavy atom. The van der Waals surface area contributed by atoms with Crippen LogP contribution in [0, 0.1) is 6.92 Å². The molecule has 1 saturated heterocycles. The number of likely N-dealkylation sites (tertiary alicyclic amines) is 1. The zero-order valence-corrected chi connectivity index (χ0v) is 21.9. The average molecular weight is 512 g/mol. The number of unbranched alkanes of at least 4 members (excludes halogenated alkanes) is 1. The standard InChI is InChI=1S/C30H33N5O3/c1-19(29-31-20(2)28-27(33-29)22-10-4-7-13-25(22)38-28)9-3-8-14-26(36)34-17-15-21(16-18-34)35-24-12-6-5-11-23(24)32-30(35)37/h4-7,10-13,19,21H,3,8-9,14-18H2,1-2H3,(H,32,37)/t19-/m0/s1. The predicted molar refractivity (Wildman–Crippen MR) is 148 cm³/mol. The lowest BCUT2D eigenvalue weighted by Gasteiger charge is -2.32. The highest BCUT2D eigenvalue weighted by Crippen LogP contribution is 2.31. The van der Waals surface area contributed by atoms with E-state index < -0.39 is 0 Å². The number of nitrogens with zero attached hydrogens (tertiary/aromatic N) is 4. The first-order chi connectivity index (χ1) is 18.5. The predicted octanol–water partition coefficient (Wildman–Crippen LogP) is 5.86. The first kappa shape index (κ1) is 24.4. The molecule has 1 fully saturated rings. The van der Waals surface area contributed by atoms with Gasteiger partial charge in [-0.3, -0.25) is 9.36 Å². The summed E-state index contributed by atoms with van der Waals surface area (Å²) < 4.78 is 7.83. The number of furan rings is 1. The Labute approximate surface area is 220 Å². The molecule has 4 heterocycles. The summed E-state index contributed by atoms with van der Waals surface area (Å²) in [7, 11) is 0. The molecule has 1 aliphatic rings. The van der Waals surface area contributed by atoms with Crippen LogP contribution in [0.4, 0.5) is 0 Å². The number of aryl methyl sites for hydroxylation is 1. The molecule has 196 valence electrons. The van der Waals surface area contributed by atoms with E-state index in [0.717, 1.165) is 76.7 Å². The van der Waals surface area contributed by atoms with Gasteiger partial charge in [-0.15, -0.1) is 0 Å². The Morgan fingerprint density at radius 2 is 1.84 bits per heavy atom. The SMILES string of the molecule is Cc1nc([C@@H](C)CCCCC(=O)N2CCC(n3c(=O)[nH]c4ccccc43)CC2)nc2c1oc1ccccc12. The number of para-hydroxylation sites is 3. The van der Waals surface area contributed by atoms with Gasteiger partial charge in [-0.25, -0.2) is 14.8 Å². The lowest BCUT2D eigenvalue weighted by atomic mass is 10.0. The van der Waals surface area contributed by atoms with E-state index in [4.69, 9.17) is 14.4 Å². The van der Waals surface area contributed by atoms with Gasteiger partial charge in [0.25, 0.3) is 0 Å². The maximum Gasteiger partial charge on any atom is 0.326 e. The van der Waals surface area contributed by atoms with Crippen LogP contribution in [-0.4, -0.2) is 43.4 Å². The van der Waals surface area contributed by atoms with Crippen molar-refractivity contribution in [1.29, 1.82) is 0 Å². The van der Waals surface area contributed by atoms with Gasteiger partial charge in [-0.1, -0.05) is 37.6 Å². The molecule has 1 aliphatic heterocycles. The van der Waals surface area contributed by atoms with E-state index in [1.54, 1.807) is 0 Å². The molecule has 38 heavy (non-hydrogen) atoms. The minimum atomic E-state index is -0.0654. The van der Waals surface area contributed by atoms with Gasteiger partial charge in [-0.05, 0) is 56.9 Å². The van der Waals surface area contributed by atoms with Gasteiger partial charge in [-0.2, -0.15) is 0 Å². The van der Waals surface area contributed by atoms with Gasteiger partial charge in [0.15, 0.2) is 5.58 Å². The highest BCUT2D eigenvalue weighted by atomic mass is 16.3. The Hall–Kier alpha value is -3.94. The van der Waals surface area contributed by atoms with E-state index in [1.165, 1.54) is 0 Å². The monoisotopic (exact) mass is 511 g/mol. The van der Waals surface area contributed by atoms with Crippen molar-refractivity contribution in [2.45, 2.75) is 64.3 Å². The number of carbonyl (C=O) groups is 1. The van der Waals surface area contributed by atoms with Crippen LogP contribution < -0.4 is 5.69 Å². The molecular weight excluding hydrogens is 478 g/mol. The number of hydrogen-bond donors (Lipinski definition) is 1. The van der Waals surface area contributed by atoms with Crippen molar-refractivity contribution in [3.05, 3.63) is 70.5 Å². The number of fused-ring (bicyclic) bond motifs is 4. The van der Waals surface area contributed by atoms with Gasteiger partial charge >= 0.3 is 5.69 Å². The smallest absolute Gasteiger partial charge is 0.326 e. The van der Waals surface area contributed by atoms with Crippen molar-refractivity contribution in [3.8, 4) is 0 Å². The normalized spacial score (nSPS) is 15.6. The molecule has 0 spiro atoms. The fourth-order valence-electron chi connectivity index (χ4n) is 5.79. The Morgan fingerprint density at radius 3 is 2.68 bits per heavy atom. The maximum atomic E-state index is 12.9. The first-order valence-electron chi connectivity index (χ1n) is 13.6. The molecule has 0 unspecified atom stereocenters. The Kier molecular flexibility index (Phi) is 6.47. The number of piperidine rings is 1. The summed E-state index contributed by atoms with van der Waals surface area (Å²) >= 11 is 0. The lowest BCUT2D eigenvalue weighted by molar-refractivity contribution is -0.132. The third kappa shape index (κ3) is 4.48.